The number of halogens is 1. The van der Waals surface area contributed by atoms with Crippen molar-refractivity contribution in [3.8, 4) is 0 Å². The van der Waals surface area contributed by atoms with Crippen LogP contribution in [-0.4, -0.2) is 15.8 Å². The summed E-state index contributed by atoms with van der Waals surface area (Å²) in [5.74, 6) is -0.430. The molecule has 1 heterocycles. The second-order valence-electron chi connectivity index (χ2n) is 3.23. The van der Waals surface area contributed by atoms with Crippen LogP contribution >= 0.6 is 27.3 Å². The Hall–Kier alpha value is -1.80. The standard InChI is InChI=1S/C10H6BrN3O3S/c11-8-5-12-10(18-8)13-9(15)6-2-1-3-7(4-6)14(16)17/h1-5H,(H,12,13,15). The Bertz CT molecular complexity index is 614. The van der Waals surface area contributed by atoms with E-state index in [9.17, 15) is 14.9 Å². The summed E-state index contributed by atoms with van der Waals surface area (Å²) in [6.07, 6.45) is 1.56. The van der Waals surface area contributed by atoms with Gasteiger partial charge in [-0.05, 0) is 22.0 Å². The fraction of sp³-hybridized carbons (Fsp3) is 0. The zero-order valence-electron chi connectivity index (χ0n) is 8.79. The van der Waals surface area contributed by atoms with E-state index in [0.717, 1.165) is 3.79 Å². The summed E-state index contributed by atoms with van der Waals surface area (Å²) >= 11 is 4.49. The molecule has 0 aliphatic heterocycles. The first-order chi connectivity index (χ1) is 8.56. The van der Waals surface area contributed by atoms with Gasteiger partial charge in [0.15, 0.2) is 5.13 Å². The lowest BCUT2D eigenvalue weighted by atomic mass is 10.2. The van der Waals surface area contributed by atoms with Gasteiger partial charge in [0.05, 0.1) is 14.9 Å². The number of benzene rings is 1. The minimum absolute atomic E-state index is 0.122. The number of amides is 1. The van der Waals surface area contributed by atoms with Gasteiger partial charge in [0.1, 0.15) is 0 Å². The maximum atomic E-state index is 11.8. The Morgan fingerprint density at radius 1 is 1.50 bits per heavy atom. The van der Waals surface area contributed by atoms with Crippen LogP contribution in [0.3, 0.4) is 0 Å². The molecule has 8 heteroatoms. The molecule has 2 rings (SSSR count). The molecule has 92 valence electrons. The van der Waals surface area contributed by atoms with Crippen molar-refractivity contribution in [2.24, 2.45) is 0 Å². The SMILES string of the molecule is O=C(Nc1ncc(Br)s1)c1cccc([N+](=O)[O-])c1. The highest BCUT2D eigenvalue weighted by atomic mass is 79.9. The van der Waals surface area contributed by atoms with Crippen molar-refractivity contribution in [2.45, 2.75) is 0 Å². The molecule has 0 fully saturated rings. The van der Waals surface area contributed by atoms with Gasteiger partial charge in [-0.1, -0.05) is 17.4 Å². The van der Waals surface area contributed by atoms with Gasteiger partial charge in [-0.15, -0.1) is 0 Å². The lowest BCUT2D eigenvalue weighted by molar-refractivity contribution is -0.384. The van der Waals surface area contributed by atoms with Crippen molar-refractivity contribution in [3.05, 3.63) is 49.9 Å². The number of nitro benzene ring substituents is 1. The number of thiazole rings is 1. The summed E-state index contributed by atoms with van der Waals surface area (Å²) in [5.41, 5.74) is 0.0958. The number of hydrogen-bond acceptors (Lipinski definition) is 5. The van der Waals surface area contributed by atoms with Crippen LogP contribution in [0.5, 0.6) is 0 Å². The number of carbonyl (C=O) groups excluding carboxylic acids is 1. The van der Waals surface area contributed by atoms with Crippen LogP contribution in [0.4, 0.5) is 10.8 Å². The lowest BCUT2D eigenvalue weighted by Crippen LogP contribution is -2.11. The van der Waals surface area contributed by atoms with E-state index in [1.165, 1.54) is 35.6 Å². The number of carbonyl (C=O) groups is 1. The predicted octanol–water partition coefficient (Wildman–Crippen LogP) is 3.07. The van der Waals surface area contributed by atoms with E-state index in [-0.39, 0.29) is 11.3 Å². The number of anilines is 1. The number of rotatable bonds is 3. The van der Waals surface area contributed by atoms with Gasteiger partial charge in [0.2, 0.25) is 0 Å². The molecule has 0 atom stereocenters. The monoisotopic (exact) mass is 327 g/mol. The van der Waals surface area contributed by atoms with Crippen LogP contribution in [0.2, 0.25) is 0 Å². The third-order valence-corrected chi connectivity index (χ3v) is 3.41. The Balaban J connectivity index is 2.18. The molecule has 0 radical (unpaired) electrons. The van der Waals surface area contributed by atoms with Crippen molar-refractivity contribution >= 4 is 44.0 Å². The molecule has 0 saturated heterocycles. The van der Waals surface area contributed by atoms with Crippen LogP contribution in [0.15, 0.2) is 34.2 Å². The van der Waals surface area contributed by atoms with Gasteiger partial charge in [0, 0.05) is 17.7 Å². The van der Waals surface area contributed by atoms with Crippen molar-refractivity contribution < 1.29 is 9.72 Å². The molecule has 1 aromatic carbocycles. The van der Waals surface area contributed by atoms with E-state index >= 15 is 0 Å². The molecular weight excluding hydrogens is 322 g/mol. The van der Waals surface area contributed by atoms with E-state index in [4.69, 9.17) is 0 Å². The average molecular weight is 328 g/mol. The summed E-state index contributed by atoms with van der Waals surface area (Å²) in [6.45, 7) is 0. The minimum atomic E-state index is -0.545. The molecular formula is C10H6BrN3O3S. The number of hydrogen-bond donors (Lipinski definition) is 1. The van der Waals surface area contributed by atoms with Gasteiger partial charge >= 0.3 is 0 Å². The Morgan fingerprint density at radius 3 is 2.89 bits per heavy atom. The third-order valence-electron chi connectivity index (χ3n) is 2.02. The summed E-state index contributed by atoms with van der Waals surface area (Å²) in [6, 6.07) is 5.52. The van der Waals surface area contributed by atoms with E-state index in [0.29, 0.717) is 5.13 Å². The van der Waals surface area contributed by atoms with Gasteiger partial charge in [-0.2, -0.15) is 0 Å². The molecule has 0 unspecified atom stereocenters. The molecule has 0 aliphatic carbocycles. The quantitative estimate of drug-likeness (QED) is 0.693. The topological polar surface area (TPSA) is 85.1 Å². The molecule has 0 spiro atoms. The highest BCUT2D eigenvalue weighted by Crippen LogP contribution is 2.24. The highest BCUT2D eigenvalue weighted by Gasteiger charge is 2.12. The minimum Gasteiger partial charge on any atom is -0.298 e. The van der Waals surface area contributed by atoms with E-state index in [1.807, 2.05) is 0 Å². The molecule has 0 bridgehead atoms. The molecule has 18 heavy (non-hydrogen) atoms. The van der Waals surface area contributed by atoms with E-state index in [2.05, 4.69) is 26.2 Å². The first-order valence-corrected chi connectivity index (χ1v) is 6.34. The molecule has 1 N–H and O–H groups in total. The Morgan fingerprint density at radius 2 is 2.28 bits per heavy atom. The zero-order chi connectivity index (χ0) is 13.1. The summed E-state index contributed by atoms with van der Waals surface area (Å²) < 4.78 is 0.789. The fourth-order valence-corrected chi connectivity index (χ4v) is 2.34. The van der Waals surface area contributed by atoms with E-state index in [1.54, 1.807) is 6.20 Å². The normalized spacial score (nSPS) is 10.1. The zero-order valence-corrected chi connectivity index (χ0v) is 11.2. The van der Waals surface area contributed by atoms with Crippen molar-refractivity contribution in [1.29, 1.82) is 0 Å². The summed E-state index contributed by atoms with van der Waals surface area (Å²) in [4.78, 5) is 25.8. The van der Waals surface area contributed by atoms with Crippen LogP contribution in [0.1, 0.15) is 10.4 Å². The maximum absolute atomic E-state index is 11.8. The first-order valence-electron chi connectivity index (χ1n) is 4.73. The van der Waals surface area contributed by atoms with Crippen molar-refractivity contribution in [2.75, 3.05) is 5.32 Å². The van der Waals surface area contributed by atoms with Crippen molar-refractivity contribution in [3.63, 3.8) is 0 Å². The molecule has 6 nitrogen and oxygen atoms in total. The largest absolute Gasteiger partial charge is 0.298 e. The third kappa shape index (κ3) is 2.90. The molecule has 0 saturated carbocycles. The number of nitro groups is 1. The number of nitrogens with one attached hydrogen (secondary N) is 1. The predicted molar refractivity (Wildman–Crippen MR) is 70.9 cm³/mol. The van der Waals surface area contributed by atoms with Gasteiger partial charge in [-0.3, -0.25) is 20.2 Å². The molecule has 1 amide bonds. The van der Waals surface area contributed by atoms with E-state index < -0.39 is 10.8 Å². The maximum Gasteiger partial charge on any atom is 0.270 e. The number of aromatic nitrogens is 1. The summed E-state index contributed by atoms with van der Waals surface area (Å²) in [5, 5.41) is 13.6. The second-order valence-corrected chi connectivity index (χ2v) is 5.64. The Kier molecular flexibility index (Phi) is 3.68. The lowest BCUT2D eigenvalue weighted by Gasteiger charge is -2.01. The van der Waals surface area contributed by atoms with Gasteiger partial charge in [-0.25, -0.2) is 4.98 Å². The van der Waals surface area contributed by atoms with Crippen LogP contribution in [0, 0.1) is 10.1 Å². The van der Waals surface area contributed by atoms with Crippen molar-refractivity contribution in [1.82, 2.24) is 4.98 Å². The first kappa shape index (κ1) is 12.7. The average Bonchev–Trinajstić information content (AvgIpc) is 2.75. The van der Waals surface area contributed by atoms with Gasteiger partial charge < -0.3 is 0 Å². The smallest absolute Gasteiger partial charge is 0.270 e. The highest BCUT2D eigenvalue weighted by molar-refractivity contribution is 9.11. The second kappa shape index (κ2) is 5.23. The number of non-ortho nitro benzene ring substituents is 1. The number of nitrogens with zero attached hydrogens (tertiary/aromatic N) is 2. The van der Waals surface area contributed by atoms with Gasteiger partial charge in [0.25, 0.3) is 11.6 Å². The fourth-order valence-electron chi connectivity index (χ4n) is 1.24. The molecule has 1 aromatic heterocycles. The van der Waals surface area contributed by atoms with Crippen LogP contribution in [-0.2, 0) is 0 Å². The van der Waals surface area contributed by atoms with Crippen LogP contribution < -0.4 is 5.32 Å². The molecule has 2 aromatic rings. The van der Waals surface area contributed by atoms with Crippen LogP contribution in [0.25, 0.3) is 0 Å². The molecule has 0 aliphatic rings. The Labute approximate surface area is 114 Å². The summed E-state index contributed by atoms with van der Waals surface area (Å²) in [7, 11) is 0.